The van der Waals surface area contributed by atoms with E-state index in [1.54, 1.807) is 0 Å². The van der Waals surface area contributed by atoms with Crippen LogP contribution in [-0.2, 0) is 11.2 Å². The maximum absolute atomic E-state index is 10.7. The summed E-state index contributed by atoms with van der Waals surface area (Å²) >= 11 is 0. The van der Waals surface area contributed by atoms with Crippen LogP contribution in [-0.4, -0.2) is 18.6 Å². The Morgan fingerprint density at radius 2 is 1.89 bits per heavy atom. The van der Waals surface area contributed by atoms with Crippen molar-refractivity contribution >= 4 is 5.91 Å². The lowest BCUT2D eigenvalue weighted by Gasteiger charge is -2.14. The summed E-state index contributed by atoms with van der Waals surface area (Å²) in [7, 11) is 0. The zero-order valence-electron chi connectivity index (χ0n) is 11.3. The molecule has 0 saturated heterocycles. The Bertz CT molecular complexity index is 405. The van der Waals surface area contributed by atoms with Gasteiger partial charge in [-0.05, 0) is 43.9 Å². The van der Waals surface area contributed by atoms with Gasteiger partial charge in [0.25, 0.3) is 0 Å². The van der Waals surface area contributed by atoms with Gasteiger partial charge in [0, 0.05) is 6.04 Å². The van der Waals surface area contributed by atoms with Gasteiger partial charge in [0.15, 0.2) is 0 Å². The molecule has 1 rings (SSSR count). The molecule has 0 fully saturated rings. The Hall–Kier alpha value is -1.55. The first-order chi connectivity index (χ1) is 8.40. The van der Waals surface area contributed by atoms with Gasteiger partial charge >= 0.3 is 0 Å². The van der Waals surface area contributed by atoms with Gasteiger partial charge in [0.2, 0.25) is 5.91 Å². The number of rotatable bonds is 6. The molecule has 4 heteroatoms. The molecule has 0 spiro atoms. The number of ether oxygens (including phenoxy) is 1. The van der Waals surface area contributed by atoms with Gasteiger partial charge in [0.05, 0.1) is 13.0 Å². The Balaban J connectivity index is 2.77. The van der Waals surface area contributed by atoms with E-state index in [0.717, 1.165) is 23.3 Å². The lowest BCUT2D eigenvalue weighted by Crippen LogP contribution is -2.18. The topological polar surface area (TPSA) is 78.3 Å². The first kappa shape index (κ1) is 14.5. The summed E-state index contributed by atoms with van der Waals surface area (Å²) in [5.41, 5.74) is 14.2. The molecular weight excluding hydrogens is 228 g/mol. The smallest absolute Gasteiger partial charge is 0.220 e. The molecule has 0 aliphatic carbocycles. The van der Waals surface area contributed by atoms with Crippen molar-refractivity contribution in [3.8, 4) is 5.75 Å². The van der Waals surface area contributed by atoms with Crippen LogP contribution >= 0.6 is 0 Å². The SMILES string of the molecule is Cc1cc(CC(C)N)cc(C)c1OCCC(N)=O. The first-order valence-corrected chi connectivity index (χ1v) is 6.17. The van der Waals surface area contributed by atoms with E-state index in [-0.39, 0.29) is 18.4 Å². The molecular formula is C14H22N2O2. The second kappa shape index (κ2) is 6.40. The molecule has 0 radical (unpaired) electrons. The fourth-order valence-corrected chi connectivity index (χ4v) is 2.01. The molecule has 1 amide bonds. The minimum Gasteiger partial charge on any atom is -0.493 e. The number of carbonyl (C=O) groups is 1. The van der Waals surface area contributed by atoms with Gasteiger partial charge in [-0.15, -0.1) is 0 Å². The molecule has 1 aromatic carbocycles. The third-order valence-electron chi connectivity index (χ3n) is 2.67. The lowest BCUT2D eigenvalue weighted by molar-refractivity contribution is -0.118. The highest BCUT2D eigenvalue weighted by Gasteiger charge is 2.08. The minimum absolute atomic E-state index is 0.144. The summed E-state index contributed by atoms with van der Waals surface area (Å²) in [6.07, 6.45) is 1.09. The fraction of sp³-hybridized carbons (Fsp3) is 0.500. The van der Waals surface area contributed by atoms with E-state index in [0.29, 0.717) is 6.61 Å². The summed E-state index contributed by atoms with van der Waals surface area (Å²) in [5.74, 6) is 0.489. The Morgan fingerprint density at radius 3 is 2.33 bits per heavy atom. The molecule has 0 aromatic heterocycles. The summed E-state index contributed by atoms with van der Waals surface area (Å²) in [6, 6.07) is 4.30. The van der Waals surface area contributed by atoms with Crippen molar-refractivity contribution in [1.82, 2.24) is 0 Å². The highest BCUT2D eigenvalue weighted by Crippen LogP contribution is 2.25. The zero-order valence-corrected chi connectivity index (χ0v) is 11.3. The van der Waals surface area contributed by atoms with Crippen LogP contribution in [0.25, 0.3) is 0 Å². The zero-order chi connectivity index (χ0) is 13.7. The molecule has 4 nitrogen and oxygen atoms in total. The number of hydrogen-bond donors (Lipinski definition) is 2. The van der Waals surface area contributed by atoms with Crippen LogP contribution in [0.4, 0.5) is 0 Å². The summed E-state index contributed by atoms with van der Waals surface area (Å²) in [4.78, 5) is 10.7. The van der Waals surface area contributed by atoms with E-state index in [1.807, 2.05) is 20.8 Å². The lowest BCUT2D eigenvalue weighted by atomic mass is 10.0. The van der Waals surface area contributed by atoms with E-state index in [9.17, 15) is 4.79 Å². The molecule has 18 heavy (non-hydrogen) atoms. The van der Waals surface area contributed by atoms with Gasteiger partial charge in [-0.25, -0.2) is 0 Å². The molecule has 1 aromatic rings. The van der Waals surface area contributed by atoms with Gasteiger partial charge in [-0.3, -0.25) is 4.79 Å². The van der Waals surface area contributed by atoms with Crippen molar-refractivity contribution < 1.29 is 9.53 Å². The monoisotopic (exact) mass is 250 g/mol. The van der Waals surface area contributed by atoms with Crippen molar-refractivity contribution in [1.29, 1.82) is 0 Å². The Kier molecular flexibility index (Phi) is 5.16. The molecule has 0 saturated carbocycles. The van der Waals surface area contributed by atoms with Crippen molar-refractivity contribution in [3.63, 3.8) is 0 Å². The summed E-state index contributed by atoms with van der Waals surface area (Å²) in [6.45, 7) is 6.31. The predicted octanol–water partition coefficient (Wildman–Crippen LogP) is 1.45. The molecule has 0 heterocycles. The third-order valence-corrected chi connectivity index (χ3v) is 2.67. The normalized spacial score (nSPS) is 12.2. The number of primary amides is 1. The molecule has 100 valence electrons. The quantitative estimate of drug-likeness (QED) is 0.802. The van der Waals surface area contributed by atoms with E-state index in [2.05, 4.69) is 12.1 Å². The Labute approximate surface area is 108 Å². The van der Waals surface area contributed by atoms with Crippen LogP contribution in [0.1, 0.15) is 30.0 Å². The van der Waals surface area contributed by atoms with Crippen molar-refractivity contribution in [3.05, 3.63) is 28.8 Å². The Morgan fingerprint density at radius 1 is 1.33 bits per heavy atom. The van der Waals surface area contributed by atoms with Crippen molar-refractivity contribution in [2.45, 2.75) is 39.7 Å². The fourth-order valence-electron chi connectivity index (χ4n) is 2.01. The number of amides is 1. The van der Waals surface area contributed by atoms with Crippen LogP contribution in [0.15, 0.2) is 12.1 Å². The van der Waals surface area contributed by atoms with E-state index < -0.39 is 0 Å². The van der Waals surface area contributed by atoms with Crippen LogP contribution in [0, 0.1) is 13.8 Å². The van der Waals surface area contributed by atoms with Crippen LogP contribution in [0.5, 0.6) is 5.75 Å². The highest BCUT2D eigenvalue weighted by molar-refractivity contribution is 5.73. The minimum atomic E-state index is -0.348. The molecule has 1 atom stereocenters. The van der Waals surface area contributed by atoms with Crippen LogP contribution in [0.3, 0.4) is 0 Å². The first-order valence-electron chi connectivity index (χ1n) is 6.17. The molecule has 0 bridgehead atoms. The third kappa shape index (κ3) is 4.37. The van der Waals surface area contributed by atoms with E-state index in [1.165, 1.54) is 5.56 Å². The molecule has 0 aliphatic rings. The number of nitrogens with two attached hydrogens (primary N) is 2. The second-order valence-corrected chi connectivity index (χ2v) is 4.80. The summed E-state index contributed by atoms with van der Waals surface area (Å²) in [5, 5.41) is 0. The molecule has 4 N–H and O–H groups in total. The number of benzene rings is 1. The number of aryl methyl sites for hydroxylation is 2. The molecule has 0 aliphatic heterocycles. The molecule has 1 unspecified atom stereocenters. The maximum Gasteiger partial charge on any atom is 0.220 e. The van der Waals surface area contributed by atoms with Crippen molar-refractivity contribution in [2.75, 3.05) is 6.61 Å². The van der Waals surface area contributed by atoms with Gasteiger partial charge in [-0.1, -0.05) is 12.1 Å². The average molecular weight is 250 g/mol. The second-order valence-electron chi connectivity index (χ2n) is 4.80. The largest absolute Gasteiger partial charge is 0.493 e. The summed E-state index contributed by atoms with van der Waals surface area (Å²) < 4.78 is 5.61. The van der Waals surface area contributed by atoms with Crippen molar-refractivity contribution in [2.24, 2.45) is 11.5 Å². The van der Waals surface area contributed by atoms with Crippen LogP contribution < -0.4 is 16.2 Å². The maximum atomic E-state index is 10.7. The predicted molar refractivity (Wildman–Crippen MR) is 72.6 cm³/mol. The van der Waals surface area contributed by atoms with Gasteiger partial charge in [-0.2, -0.15) is 0 Å². The van der Waals surface area contributed by atoms with E-state index >= 15 is 0 Å². The van der Waals surface area contributed by atoms with Gasteiger partial charge < -0.3 is 16.2 Å². The number of hydrogen-bond acceptors (Lipinski definition) is 3. The van der Waals surface area contributed by atoms with Crippen LogP contribution in [0.2, 0.25) is 0 Å². The number of carbonyl (C=O) groups excluding carboxylic acids is 1. The van der Waals surface area contributed by atoms with E-state index in [4.69, 9.17) is 16.2 Å². The average Bonchev–Trinajstić information content (AvgIpc) is 2.20. The standard InChI is InChI=1S/C14H22N2O2/c1-9-6-12(8-11(3)15)7-10(2)14(9)18-5-4-13(16)17/h6-7,11H,4-5,8,15H2,1-3H3,(H2,16,17). The highest BCUT2D eigenvalue weighted by atomic mass is 16.5. The van der Waals surface area contributed by atoms with Gasteiger partial charge in [0.1, 0.15) is 5.75 Å².